The van der Waals surface area contributed by atoms with Gasteiger partial charge in [0.15, 0.2) is 0 Å². The van der Waals surface area contributed by atoms with Crippen LogP contribution < -0.4 is 3.61 Å². The second-order valence-corrected chi connectivity index (χ2v) is 5.21. The van der Waals surface area contributed by atoms with Gasteiger partial charge in [0, 0.05) is 0 Å². The van der Waals surface area contributed by atoms with E-state index in [2.05, 4.69) is 0 Å². The number of alkyl halides is 3. The van der Waals surface area contributed by atoms with Crippen molar-refractivity contribution in [2.75, 3.05) is 0 Å². The monoisotopic (exact) mass is 290 g/mol. The molecule has 66 valence electrons. The molecular formula is C8H7F3Te. The molecule has 1 rings (SSSR count). The van der Waals surface area contributed by atoms with Crippen LogP contribution >= 0.6 is 0 Å². The van der Waals surface area contributed by atoms with Gasteiger partial charge in [0.25, 0.3) is 0 Å². The summed E-state index contributed by atoms with van der Waals surface area (Å²) in [6.07, 6.45) is -3.99. The fourth-order valence-corrected chi connectivity index (χ4v) is 2.62. The van der Waals surface area contributed by atoms with Gasteiger partial charge in [-0.25, -0.2) is 0 Å². The molecule has 0 aliphatic heterocycles. The fourth-order valence-electron chi connectivity index (χ4n) is 0.682. The minimum absolute atomic E-state index is 0.609. The van der Waals surface area contributed by atoms with E-state index in [0.29, 0.717) is 0 Å². The molecule has 0 saturated heterocycles. The van der Waals surface area contributed by atoms with Crippen molar-refractivity contribution in [3.05, 3.63) is 30.3 Å². The first-order valence-corrected chi connectivity index (χ1v) is 6.14. The van der Waals surface area contributed by atoms with Crippen molar-refractivity contribution in [2.45, 2.75) is 10.6 Å². The molecule has 12 heavy (non-hydrogen) atoms. The van der Waals surface area contributed by atoms with E-state index in [-0.39, 0.29) is 0 Å². The summed E-state index contributed by atoms with van der Waals surface area (Å²) >= 11 is -1.06. The Bertz CT molecular complexity index is 230. The third kappa shape index (κ3) is 3.98. The first-order chi connectivity index (χ1) is 5.58. The summed E-state index contributed by atoms with van der Waals surface area (Å²) < 4.78 is 35.6. The van der Waals surface area contributed by atoms with Crippen LogP contribution in [0.4, 0.5) is 13.2 Å². The van der Waals surface area contributed by atoms with E-state index in [0.717, 1.165) is 3.61 Å². The number of benzene rings is 1. The molecule has 0 aliphatic carbocycles. The quantitative estimate of drug-likeness (QED) is 0.730. The SMILES string of the molecule is FC(F)(F)C[Te]c1ccccc1. The third-order valence-electron chi connectivity index (χ3n) is 1.15. The van der Waals surface area contributed by atoms with Crippen LogP contribution in [0.15, 0.2) is 30.3 Å². The van der Waals surface area contributed by atoms with Crippen molar-refractivity contribution in [3.63, 3.8) is 0 Å². The van der Waals surface area contributed by atoms with Gasteiger partial charge in [-0.3, -0.25) is 0 Å². The van der Waals surface area contributed by atoms with Gasteiger partial charge in [0.2, 0.25) is 0 Å². The Labute approximate surface area is 78.9 Å². The van der Waals surface area contributed by atoms with Crippen LogP contribution in [0.2, 0.25) is 4.47 Å². The van der Waals surface area contributed by atoms with Gasteiger partial charge in [-0.2, -0.15) is 0 Å². The third-order valence-corrected chi connectivity index (χ3v) is 4.22. The van der Waals surface area contributed by atoms with Gasteiger partial charge >= 0.3 is 78.7 Å². The van der Waals surface area contributed by atoms with Crippen LogP contribution in [0.5, 0.6) is 0 Å². The van der Waals surface area contributed by atoms with Crippen molar-refractivity contribution in [1.82, 2.24) is 0 Å². The summed E-state index contributed by atoms with van der Waals surface area (Å²) in [5.74, 6) is 0. The molecule has 0 fully saturated rings. The Kier molecular flexibility index (Phi) is 3.42. The Balaban J connectivity index is 2.44. The number of rotatable bonds is 2. The molecule has 1 aromatic carbocycles. The van der Waals surface area contributed by atoms with E-state index in [9.17, 15) is 13.2 Å². The van der Waals surface area contributed by atoms with E-state index in [1.165, 1.54) is 0 Å². The second-order valence-electron chi connectivity index (χ2n) is 2.22. The predicted molar refractivity (Wildman–Crippen MR) is 42.7 cm³/mol. The predicted octanol–water partition coefficient (Wildman–Crippen LogP) is 2.00. The number of hydrogen-bond acceptors (Lipinski definition) is 0. The molecule has 1 aromatic rings. The van der Waals surface area contributed by atoms with Crippen LogP contribution in [0.1, 0.15) is 0 Å². The van der Waals surface area contributed by atoms with Crippen molar-refractivity contribution < 1.29 is 13.2 Å². The van der Waals surface area contributed by atoms with Crippen LogP contribution in [-0.4, -0.2) is 27.1 Å². The zero-order valence-corrected chi connectivity index (χ0v) is 8.47. The summed E-state index contributed by atoms with van der Waals surface area (Å²) in [7, 11) is 0. The van der Waals surface area contributed by atoms with Crippen molar-refractivity contribution in [3.8, 4) is 0 Å². The average molecular weight is 288 g/mol. The van der Waals surface area contributed by atoms with Crippen molar-refractivity contribution in [2.24, 2.45) is 0 Å². The maximum atomic E-state index is 11.8. The number of hydrogen-bond donors (Lipinski definition) is 0. The maximum absolute atomic E-state index is 11.8. The molecule has 0 saturated carbocycles. The molecule has 0 atom stereocenters. The molecule has 0 aromatic heterocycles. The Hall–Kier alpha value is -0.200. The molecule has 0 aliphatic rings. The fraction of sp³-hybridized carbons (Fsp3) is 0.250. The topological polar surface area (TPSA) is 0 Å². The molecule has 0 radical (unpaired) electrons. The summed E-state index contributed by atoms with van der Waals surface area (Å²) in [5.41, 5.74) is 0. The van der Waals surface area contributed by atoms with Crippen LogP contribution in [0.25, 0.3) is 0 Å². The van der Waals surface area contributed by atoms with E-state index < -0.39 is 31.6 Å². The summed E-state index contributed by atoms with van der Waals surface area (Å²) in [4.78, 5) is 0. The van der Waals surface area contributed by atoms with Crippen LogP contribution in [0.3, 0.4) is 0 Å². The molecule has 0 amide bonds. The zero-order chi connectivity index (χ0) is 9.03. The van der Waals surface area contributed by atoms with Crippen LogP contribution in [0, 0.1) is 0 Å². The molecule has 0 N–H and O–H groups in total. The molecular weight excluding hydrogens is 281 g/mol. The molecule has 0 spiro atoms. The Morgan fingerprint density at radius 3 is 2.17 bits per heavy atom. The van der Waals surface area contributed by atoms with Gasteiger partial charge in [-0.05, 0) is 0 Å². The van der Waals surface area contributed by atoms with Crippen LogP contribution in [-0.2, 0) is 0 Å². The standard InChI is InChI=1S/C8H7F3Te/c9-8(10,11)6-12-7-4-2-1-3-5-7/h1-5H,6H2. The van der Waals surface area contributed by atoms with E-state index in [1.54, 1.807) is 24.3 Å². The van der Waals surface area contributed by atoms with E-state index >= 15 is 0 Å². The average Bonchev–Trinajstić information content (AvgIpc) is 2.02. The van der Waals surface area contributed by atoms with E-state index in [4.69, 9.17) is 0 Å². The summed E-state index contributed by atoms with van der Waals surface area (Å²) in [5, 5.41) is 0. The molecule has 0 bridgehead atoms. The van der Waals surface area contributed by atoms with Gasteiger partial charge < -0.3 is 0 Å². The Morgan fingerprint density at radius 1 is 1.08 bits per heavy atom. The normalized spacial score (nSPS) is 11.6. The second kappa shape index (κ2) is 4.15. The summed E-state index contributed by atoms with van der Waals surface area (Å²) in [6, 6.07) is 8.87. The molecule has 0 nitrogen and oxygen atoms in total. The van der Waals surface area contributed by atoms with Gasteiger partial charge in [0.1, 0.15) is 0 Å². The zero-order valence-electron chi connectivity index (χ0n) is 6.14. The van der Waals surface area contributed by atoms with E-state index in [1.807, 2.05) is 6.07 Å². The van der Waals surface area contributed by atoms with Gasteiger partial charge in [0.05, 0.1) is 0 Å². The van der Waals surface area contributed by atoms with Crippen molar-refractivity contribution in [1.29, 1.82) is 0 Å². The van der Waals surface area contributed by atoms with Gasteiger partial charge in [-0.1, -0.05) is 0 Å². The summed E-state index contributed by atoms with van der Waals surface area (Å²) in [6.45, 7) is 0. The molecule has 0 unspecified atom stereocenters. The molecule has 4 heteroatoms. The minimum atomic E-state index is -3.99. The van der Waals surface area contributed by atoms with Gasteiger partial charge in [-0.15, -0.1) is 0 Å². The number of halogens is 3. The first-order valence-electron chi connectivity index (χ1n) is 3.32. The Morgan fingerprint density at radius 2 is 1.67 bits per heavy atom. The van der Waals surface area contributed by atoms with Crippen molar-refractivity contribution >= 4 is 24.5 Å². The first kappa shape index (κ1) is 9.88. The molecule has 0 heterocycles.